The monoisotopic (exact) mass is 301 g/mol. The van der Waals surface area contributed by atoms with Crippen molar-refractivity contribution >= 4 is 5.69 Å². The first-order valence-electron chi connectivity index (χ1n) is 8.30. The van der Waals surface area contributed by atoms with E-state index in [-0.39, 0.29) is 11.7 Å². The van der Waals surface area contributed by atoms with Crippen molar-refractivity contribution in [1.82, 2.24) is 5.32 Å². The van der Waals surface area contributed by atoms with E-state index in [1.165, 1.54) is 31.4 Å². The van der Waals surface area contributed by atoms with Crippen LogP contribution in [-0.4, -0.2) is 18.1 Å². The summed E-state index contributed by atoms with van der Waals surface area (Å²) in [6.07, 6.45) is 5.71. The maximum Gasteiger partial charge on any atom is 0.130 e. The summed E-state index contributed by atoms with van der Waals surface area (Å²) in [5, 5.41) is 16.8. The van der Waals surface area contributed by atoms with Crippen LogP contribution in [0.25, 0.3) is 0 Å². The number of anilines is 1. The third kappa shape index (κ3) is 3.10. The van der Waals surface area contributed by atoms with Gasteiger partial charge in [0.25, 0.3) is 0 Å². The van der Waals surface area contributed by atoms with Gasteiger partial charge in [0.2, 0.25) is 0 Å². The summed E-state index contributed by atoms with van der Waals surface area (Å²) < 4.78 is 13.5. The van der Waals surface area contributed by atoms with Crippen molar-refractivity contribution in [2.75, 3.05) is 11.9 Å². The number of nitrogens with one attached hydrogen (secondary N) is 2. The van der Waals surface area contributed by atoms with E-state index >= 15 is 0 Å². The van der Waals surface area contributed by atoms with Crippen LogP contribution < -0.4 is 10.6 Å². The molecule has 0 amide bonds. The molecule has 0 radical (unpaired) electrons. The second-order valence-corrected chi connectivity index (χ2v) is 6.96. The Labute approximate surface area is 131 Å². The van der Waals surface area contributed by atoms with E-state index in [0.717, 1.165) is 25.3 Å². The van der Waals surface area contributed by atoms with Gasteiger partial charge in [0.1, 0.15) is 11.4 Å². The molecule has 1 aliphatic heterocycles. The van der Waals surface area contributed by atoms with Crippen LogP contribution in [-0.2, 0) is 0 Å². The molecule has 3 nitrogen and oxygen atoms in total. The lowest BCUT2D eigenvalue weighted by molar-refractivity contribution is 0.169. The van der Waals surface area contributed by atoms with Gasteiger partial charge in [-0.2, -0.15) is 5.26 Å². The Hall–Kier alpha value is -1.60. The zero-order valence-corrected chi connectivity index (χ0v) is 13.1. The minimum atomic E-state index is -0.603. The third-order valence-electron chi connectivity index (χ3n) is 5.27. The van der Waals surface area contributed by atoms with Gasteiger partial charge in [-0.3, -0.25) is 0 Å². The molecule has 118 valence electrons. The molecule has 2 fully saturated rings. The van der Waals surface area contributed by atoms with Crippen molar-refractivity contribution in [3.63, 3.8) is 0 Å². The number of rotatable bonds is 4. The summed E-state index contributed by atoms with van der Waals surface area (Å²) in [6, 6.07) is 9.28. The summed E-state index contributed by atoms with van der Waals surface area (Å²) in [4.78, 5) is 0. The molecule has 1 aromatic rings. The first-order valence-corrected chi connectivity index (χ1v) is 8.30. The Balaban J connectivity index is 1.82. The normalized spacial score (nSPS) is 32.0. The quantitative estimate of drug-likeness (QED) is 0.891. The van der Waals surface area contributed by atoms with Gasteiger partial charge >= 0.3 is 0 Å². The molecule has 3 rings (SSSR count). The Kier molecular flexibility index (Phi) is 4.35. The lowest BCUT2D eigenvalue weighted by Crippen LogP contribution is -2.57. The second kappa shape index (κ2) is 6.26. The number of piperidine rings is 1. The van der Waals surface area contributed by atoms with Crippen LogP contribution in [0.3, 0.4) is 0 Å². The predicted molar refractivity (Wildman–Crippen MR) is 85.9 cm³/mol. The first-order chi connectivity index (χ1) is 10.6. The number of nitrogens with zero attached hydrogens (tertiary/aromatic N) is 1. The molecule has 22 heavy (non-hydrogen) atoms. The zero-order valence-electron chi connectivity index (χ0n) is 13.1. The van der Waals surface area contributed by atoms with Crippen LogP contribution in [0.2, 0.25) is 0 Å². The molecule has 3 atom stereocenters. The minimum absolute atomic E-state index is 0.266. The highest BCUT2D eigenvalue weighted by Crippen LogP contribution is 2.40. The SMILES string of the molecule is CC1CC(C#N)(Nc2cccc(F)c2)C(CC2CCC2)CN1. The van der Waals surface area contributed by atoms with Crippen molar-refractivity contribution < 1.29 is 4.39 Å². The van der Waals surface area contributed by atoms with Gasteiger partial charge in [0, 0.05) is 24.2 Å². The molecule has 0 spiro atoms. The summed E-state index contributed by atoms with van der Waals surface area (Å²) in [6.45, 7) is 2.96. The van der Waals surface area contributed by atoms with Crippen molar-refractivity contribution in [2.24, 2.45) is 11.8 Å². The predicted octanol–water partition coefficient (Wildman–Crippen LogP) is 3.69. The highest BCUT2D eigenvalue weighted by molar-refractivity contribution is 5.48. The maximum atomic E-state index is 13.5. The number of hydrogen-bond donors (Lipinski definition) is 2. The van der Waals surface area contributed by atoms with E-state index in [1.54, 1.807) is 6.07 Å². The van der Waals surface area contributed by atoms with E-state index in [4.69, 9.17) is 0 Å². The van der Waals surface area contributed by atoms with E-state index in [1.807, 2.05) is 6.07 Å². The van der Waals surface area contributed by atoms with Gasteiger partial charge in [-0.05, 0) is 43.9 Å². The average Bonchev–Trinajstić information content (AvgIpc) is 2.44. The highest BCUT2D eigenvalue weighted by atomic mass is 19.1. The van der Waals surface area contributed by atoms with E-state index in [9.17, 15) is 9.65 Å². The highest BCUT2D eigenvalue weighted by Gasteiger charge is 2.44. The Morgan fingerprint density at radius 1 is 1.45 bits per heavy atom. The fourth-order valence-electron chi connectivity index (χ4n) is 3.80. The molecule has 1 heterocycles. The number of nitriles is 1. The third-order valence-corrected chi connectivity index (χ3v) is 5.27. The smallest absolute Gasteiger partial charge is 0.130 e. The van der Waals surface area contributed by atoms with Gasteiger partial charge in [-0.1, -0.05) is 25.3 Å². The fraction of sp³-hybridized carbons (Fsp3) is 0.611. The standard InChI is InChI=1S/C18H24FN3/c1-13-10-18(12-20,22-17-7-3-6-16(19)9-17)15(11-21-13)8-14-4-2-5-14/h3,6-7,9,13-15,21-22H,2,4-5,8,10-11H2,1H3. The average molecular weight is 301 g/mol. The van der Waals surface area contributed by atoms with Crippen LogP contribution in [0, 0.1) is 29.0 Å². The molecular weight excluding hydrogens is 277 g/mol. The van der Waals surface area contributed by atoms with Crippen LogP contribution in [0.15, 0.2) is 24.3 Å². The molecule has 1 aromatic carbocycles. The summed E-state index contributed by atoms with van der Waals surface area (Å²) >= 11 is 0. The molecule has 0 bridgehead atoms. The summed E-state index contributed by atoms with van der Waals surface area (Å²) in [5.41, 5.74) is 0.0999. The van der Waals surface area contributed by atoms with Crippen LogP contribution in [0.5, 0.6) is 0 Å². The van der Waals surface area contributed by atoms with Gasteiger partial charge in [0.15, 0.2) is 0 Å². The summed E-state index contributed by atoms with van der Waals surface area (Å²) in [5.74, 6) is 0.750. The zero-order chi connectivity index (χ0) is 15.6. The van der Waals surface area contributed by atoms with Crippen molar-refractivity contribution in [1.29, 1.82) is 5.26 Å². The van der Waals surface area contributed by atoms with Crippen molar-refractivity contribution in [2.45, 2.75) is 50.6 Å². The number of benzene rings is 1. The van der Waals surface area contributed by atoms with E-state index in [0.29, 0.717) is 11.7 Å². The molecule has 4 heteroatoms. The Morgan fingerprint density at radius 3 is 2.91 bits per heavy atom. The molecule has 1 saturated heterocycles. The molecular formula is C18H24FN3. The lowest BCUT2D eigenvalue weighted by Gasteiger charge is -2.45. The lowest BCUT2D eigenvalue weighted by atomic mass is 9.69. The number of halogens is 1. The molecule has 2 aliphatic rings. The molecule has 3 unspecified atom stereocenters. The van der Waals surface area contributed by atoms with Crippen molar-refractivity contribution in [3.05, 3.63) is 30.1 Å². The largest absolute Gasteiger partial charge is 0.367 e. The fourth-order valence-corrected chi connectivity index (χ4v) is 3.80. The van der Waals surface area contributed by atoms with E-state index < -0.39 is 5.54 Å². The second-order valence-electron chi connectivity index (χ2n) is 6.96. The first kappa shape index (κ1) is 15.3. The minimum Gasteiger partial charge on any atom is -0.367 e. The summed E-state index contributed by atoms with van der Waals surface area (Å²) in [7, 11) is 0. The number of hydrogen-bond acceptors (Lipinski definition) is 3. The van der Waals surface area contributed by atoms with Gasteiger partial charge < -0.3 is 10.6 Å². The van der Waals surface area contributed by atoms with Crippen LogP contribution in [0.1, 0.15) is 39.0 Å². The molecule has 2 N–H and O–H groups in total. The van der Waals surface area contributed by atoms with Crippen molar-refractivity contribution in [3.8, 4) is 6.07 Å². The molecule has 1 saturated carbocycles. The maximum absolute atomic E-state index is 13.5. The van der Waals surface area contributed by atoms with Gasteiger partial charge in [-0.15, -0.1) is 0 Å². The topological polar surface area (TPSA) is 47.9 Å². The van der Waals surface area contributed by atoms with Gasteiger partial charge in [-0.25, -0.2) is 4.39 Å². The van der Waals surface area contributed by atoms with Crippen LogP contribution >= 0.6 is 0 Å². The Bertz CT molecular complexity index is 564. The molecule has 0 aromatic heterocycles. The van der Waals surface area contributed by atoms with E-state index in [2.05, 4.69) is 23.6 Å². The van der Waals surface area contributed by atoms with Crippen LogP contribution in [0.4, 0.5) is 10.1 Å². The van der Waals surface area contributed by atoms with Gasteiger partial charge in [0.05, 0.1) is 6.07 Å². The Morgan fingerprint density at radius 2 is 2.27 bits per heavy atom. The molecule has 1 aliphatic carbocycles.